The summed E-state index contributed by atoms with van der Waals surface area (Å²) in [4.78, 5) is 14.2. The van der Waals surface area contributed by atoms with Gasteiger partial charge in [-0.15, -0.1) is 11.3 Å². The van der Waals surface area contributed by atoms with E-state index in [0.717, 1.165) is 28.3 Å². The maximum absolute atomic E-state index is 13.4. The van der Waals surface area contributed by atoms with E-state index in [2.05, 4.69) is 10.4 Å². The molecule has 0 radical (unpaired) electrons. The zero-order valence-corrected chi connectivity index (χ0v) is 15.8. The molecule has 1 unspecified atom stereocenters. The molecule has 0 bridgehead atoms. The predicted octanol–water partition coefficient (Wildman–Crippen LogP) is 3.04. The Labute approximate surface area is 159 Å². The Morgan fingerprint density at radius 2 is 2.07 bits per heavy atom. The summed E-state index contributed by atoms with van der Waals surface area (Å²) in [7, 11) is 1.85. The van der Waals surface area contributed by atoms with Crippen LogP contribution >= 0.6 is 11.3 Å². The number of aromatic nitrogens is 2. The minimum Gasteiger partial charge on any atom is -0.347 e. The van der Waals surface area contributed by atoms with E-state index in [1.807, 2.05) is 26.1 Å². The van der Waals surface area contributed by atoms with E-state index in [-0.39, 0.29) is 18.5 Å². The first-order chi connectivity index (χ1) is 12.9. The molecule has 0 aliphatic heterocycles. The van der Waals surface area contributed by atoms with Gasteiger partial charge in [-0.1, -0.05) is 6.07 Å². The molecular formula is C19H20F2N4OS. The van der Waals surface area contributed by atoms with Crippen LogP contribution in [-0.2, 0) is 13.5 Å². The number of aryl methyl sites for hydroxylation is 2. The summed E-state index contributed by atoms with van der Waals surface area (Å²) >= 11 is 1.39. The Hall–Kier alpha value is -2.58. The second-order valence-electron chi connectivity index (χ2n) is 6.28. The van der Waals surface area contributed by atoms with Gasteiger partial charge in [-0.2, -0.15) is 5.10 Å². The van der Waals surface area contributed by atoms with Crippen molar-refractivity contribution >= 4 is 17.2 Å². The first-order valence-electron chi connectivity index (χ1n) is 8.42. The lowest BCUT2D eigenvalue weighted by Crippen LogP contribution is -2.41. The van der Waals surface area contributed by atoms with Crippen LogP contribution in [0, 0.1) is 18.6 Å². The molecule has 0 fully saturated rings. The maximum Gasteiger partial charge on any atom is 0.261 e. The van der Waals surface area contributed by atoms with Crippen LogP contribution in [0.5, 0.6) is 0 Å². The Bertz CT molecular complexity index is 967. The average molecular weight is 390 g/mol. The molecule has 0 spiro atoms. The van der Waals surface area contributed by atoms with E-state index in [1.54, 1.807) is 10.9 Å². The molecule has 0 saturated carbocycles. The third kappa shape index (κ3) is 4.23. The Balaban J connectivity index is 1.73. The number of carbonyl (C=O) groups excluding carboxylic acids is 1. The first-order valence-corrected chi connectivity index (χ1v) is 9.24. The highest BCUT2D eigenvalue weighted by Gasteiger charge is 2.18. The molecule has 0 aliphatic rings. The highest BCUT2D eigenvalue weighted by atomic mass is 32.1. The van der Waals surface area contributed by atoms with Crippen molar-refractivity contribution in [2.24, 2.45) is 12.8 Å². The fraction of sp³-hybridized carbons (Fsp3) is 0.263. The molecule has 1 atom stereocenters. The number of amides is 1. The summed E-state index contributed by atoms with van der Waals surface area (Å²) in [6.07, 6.45) is 2.02. The molecule has 3 aromatic rings. The lowest BCUT2D eigenvalue weighted by atomic mass is 10.1. The second-order valence-corrected chi connectivity index (χ2v) is 7.54. The minimum atomic E-state index is -0.913. The first kappa shape index (κ1) is 19.2. The van der Waals surface area contributed by atoms with Crippen molar-refractivity contribution in [3.8, 4) is 11.3 Å². The van der Waals surface area contributed by atoms with Gasteiger partial charge in [-0.25, -0.2) is 8.78 Å². The lowest BCUT2D eigenvalue weighted by molar-refractivity contribution is 0.0942. The van der Waals surface area contributed by atoms with Gasteiger partial charge in [0, 0.05) is 36.3 Å². The Kier molecular flexibility index (Phi) is 5.67. The molecule has 5 nitrogen and oxygen atoms in total. The number of hydrogen-bond acceptors (Lipinski definition) is 4. The van der Waals surface area contributed by atoms with E-state index >= 15 is 0 Å². The molecule has 0 aliphatic carbocycles. The smallest absolute Gasteiger partial charge is 0.261 e. The van der Waals surface area contributed by atoms with Gasteiger partial charge in [-0.05, 0) is 43.2 Å². The van der Waals surface area contributed by atoms with Crippen molar-refractivity contribution in [2.75, 3.05) is 6.54 Å². The fourth-order valence-corrected chi connectivity index (χ4v) is 3.82. The fourth-order valence-electron chi connectivity index (χ4n) is 2.89. The van der Waals surface area contributed by atoms with Crippen LogP contribution in [0.15, 0.2) is 36.5 Å². The van der Waals surface area contributed by atoms with E-state index in [1.165, 1.54) is 17.4 Å². The van der Waals surface area contributed by atoms with Crippen molar-refractivity contribution in [3.63, 3.8) is 0 Å². The molecule has 8 heteroatoms. The number of carbonyl (C=O) groups is 1. The molecule has 2 heterocycles. The normalized spacial score (nSPS) is 12.2. The van der Waals surface area contributed by atoms with E-state index in [0.29, 0.717) is 16.9 Å². The molecule has 3 N–H and O–H groups in total. The summed E-state index contributed by atoms with van der Waals surface area (Å²) in [5.41, 5.74) is 8.21. The largest absolute Gasteiger partial charge is 0.347 e. The number of halogens is 2. The SMILES string of the molecule is Cc1sc(C(=O)NC(CN)Cc2ccc(F)c(F)c2)cc1-c1ccnn1C. The van der Waals surface area contributed by atoms with Crippen LogP contribution < -0.4 is 11.1 Å². The van der Waals surface area contributed by atoms with Crippen LogP contribution in [0.3, 0.4) is 0 Å². The van der Waals surface area contributed by atoms with Gasteiger partial charge in [0.25, 0.3) is 5.91 Å². The summed E-state index contributed by atoms with van der Waals surface area (Å²) < 4.78 is 28.2. The maximum atomic E-state index is 13.4. The Morgan fingerprint density at radius 1 is 1.30 bits per heavy atom. The van der Waals surface area contributed by atoms with Gasteiger partial charge < -0.3 is 11.1 Å². The van der Waals surface area contributed by atoms with Crippen LogP contribution in [0.1, 0.15) is 20.1 Å². The average Bonchev–Trinajstić information content (AvgIpc) is 3.22. The molecule has 1 aromatic carbocycles. The number of nitrogens with two attached hydrogens (primary N) is 1. The molecule has 1 amide bonds. The number of benzene rings is 1. The quantitative estimate of drug-likeness (QED) is 0.680. The van der Waals surface area contributed by atoms with Gasteiger partial charge in [-0.3, -0.25) is 9.48 Å². The van der Waals surface area contributed by atoms with E-state index < -0.39 is 11.6 Å². The van der Waals surface area contributed by atoms with Gasteiger partial charge in [0.15, 0.2) is 11.6 Å². The second kappa shape index (κ2) is 7.98. The molecule has 27 heavy (non-hydrogen) atoms. The monoisotopic (exact) mass is 390 g/mol. The van der Waals surface area contributed by atoms with Crippen molar-refractivity contribution in [2.45, 2.75) is 19.4 Å². The van der Waals surface area contributed by atoms with Crippen molar-refractivity contribution in [1.82, 2.24) is 15.1 Å². The summed E-state index contributed by atoms with van der Waals surface area (Å²) in [6.45, 7) is 2.13. The van der Waals surface area contributed by atoms with Crippen LogP contribution in [-0.4, -0.2) is 28.3 Å². The summed E-state index contributed by atoms with van der Waals surface area (Å²) in [5, 5.41) is 7.03. The van der Waals surface area contributed by atoms with Gasteiger partial charge in [0.1, 0.15) is 0 Å². The number of hydrogen-bond donors (Lipinski definition) is 2. The third-order valence-corrected chi connectivity index (χ3v) is 5.37. The van der Waals surface area contributed by atoms with E-state index in [4.69, 9.17) is 5.73 Å². The topological polar surface area (TPSA) is 72.9 Å². The van der Waals surface area contributed by atoms with Crippen LogP contribution in [0.25, 0.3) is 11.3 Å². The highest BCUT2D eigenvalue weighted by molar-refractivity contribution is 7.14. The van der Waals surface area contributed by atoms with E-state index in [9.17, 15) is 13.6 Å². The van der Waals surface area contributed by atoms with Crippen molar-refractivity contribution in [1.29, 1.82) is 0 Å². The zero-order valence-electron chi connectivity index (χ0n) is 15.0. The lowest BCUT2D eigenvalue weighted by Gasteiger charge is -2.16. The molecule has 2 aromatic heterocycles. The van der Waals surface area contributed by atoms with Gasteiger partial charge >= 0.3 is 0 Å². The molecular weight excluding hydrogens is 370 g/mol. The number of rotatable bonds is 6. The Morgan fingerprint density at radius 3 is 2.70 bits per heavy atom. The third-order valence-electron chi connectivity index (χ3n) is 4.32. The number of nitrogens with one attached hydrogen (secondary N) is 1. The van der Waals surface area contributed by atoms with Crippen molar-refractivity contribution in [3.05, 3.63) is 63.5 Å². The zero-order chi connectivity index (χ0) is 19.6. The van der Waals surface area contributed by atoms with Crippen LogP contribution in [0.4, 0.5) is 8.78 Å². The predicted molar refractivity (Wildman–Crippen MR) is 102 cm³/mol. The highest BCUT2D eigenvalue weighted by Crippen LogP contribution is 2.30. The van der Waals surface area contributed by atoms with Crippen LogP contribution in [0.2, 0.25) is 0 Å². The minimum absolute atomic E-state index is 0.184. The van der Waals surface area contributed by atoms with Gasteiger partial charge in [0.05, 0.1) is 10.6 Å². The molecule has 0 saturated heterocycles. The number of thiophene rings is 1. The van der Waals surface area contributed by atoms with Crippen molar-refractivity contribution < 1.29 is 13.6 Å². The standard InChI is InChI=1S/C19H20F2N4OS/c1-11-14(17-5-6-23-25(17)2)9-18(27-11)19(26)24-13(10-22)7-12-3-4-15(20)16(21)8-12/h3-6,8-9,13H,7,10,22H2,1-2H3,(H,24,26). The summed E-state index contributed by atoms with van der Waals surface area (Å²) in [5.74, 6) is -2.05. The summed E-state index contributed by atoms with van der Waals surface area (Å²) in [6, 6.07) is 7.02. The number of nitrogens with zero attached hydrogens (tertiary/aromatic N) is 2. The molecule has 3 rings (SSSR count). The molecule has 142 valence electrons. The van der Waals surface area contributed by atoms with Gasteiger partial charge in [0.2, 0.25) is 0 Å².